The van der Waals surface area contributed by atoms with E-state index >= 15 is 0 Å². The lowest BCUT2D eigenvalue weighted by Crippen LogP contribution is -2.20. The molecule has 2 aliphatic carbocycles. The van der Waals surface area contributed by atoms with E-state index in [-0.39, 0.29) is 47.6 Å². The van der Waals surface area contributed by atoms with Crippen molar-refractivity contribution in [2.45, 2.75) is 58.8 Å². The summed E-state index contributed by atoms with van der Waals surface area (Å²) in [4.78, 5) is 36.8. The molecule has 0 amide bonds. The molecule has 0 N–H and O–H groups in total. The second-order valence-corrected chi connectivity index (χ2v) is 8.46. The summed E-state index contributed by atoms with van der Waals surface area (Å²) in [5.41, 5.74) is 1.70. The van der Waals surface area contributed by atoms with Crippen molar-refractivity contribution in [2.75, 3.05) is 7.11 Å². The van der Waals surface area contributed by atoms with E-state index in [2.05, 4.69) is 6.58 Å². The van der Waals surface area contributed by atoms with Crippen molar-refractivity contribution in [3.63, 3.8) is 0 Å². The Kier molecular flexibility index (Phi) is 5.36. The molecule has 5 atom stereocenters. The van der Waals surface area contributed by atoms with Gasteiger partial charge < -0.3 is 14.2 Å². The van der Waals surface area contributed by atoms with Crippen LogP contribution >= 0.6 is 0 Å². The maximum Gasteiger partial charge on any atom is 0.333 e. The minimum absolute atomic E-state index is 0.000897. The van der Waals surface area contributed by atoms with Crippen molar-refractivity contribution < 1.29 is 28.6 Å². The van der Waals surface area contributed by atoms with Crippen LogP contribution in [0.1, 0.15) is 40.5 Å². The van der Waals surface area contributed by atoms with Crippen LogP contribution in [0.25, 0.3) is 0 Å². The zero-order valence-corrected chi connectivity index (χ0v) is 17.1. The summed E-state index contributed by atoms with van der Waals surface area (Å²) < 4.78 is 15.9. The fourth-order valence-corrected chi connectivity index (χ4v) is 4.14. The van der Waals surface area contributed by atoms with E-state index in [0.717, 1.165) is 5.57 Å². The van der Waals surface area contributed by atoms with E-state index in [9.17, 15) is 14.4 Å². The number of hydrogen-bond acceptors (Lipinski definition) is 6. The summed E-state index contributed by atoms with van der Waals surface area (Å²) in [6.07, 6.45) is 3.73. The first-order valence-corrected chi connectivity index (χ1v) is 9.59. The van der Waals surface area contributed by atoms with Gasteiger partial charge in [-0.3, -0.25) is 9.59 Å². The fourth-order valence-electron chi connectivity index (χ4n) is 4.14. The summed E-state index contributed by atoms with van der Waals surface area (Å²) in [7, 11) is 1.33. The molecule has 1 saturated carbocycles. The molecule has 6 nitrogen and oxygen atoms in total. The first-order valence-electron chi connectivity index (χ1n) is 9.59. The Morgan fingerprint density at radius 1 is 1.36 bits per heavy atom. The molecule has 28 heavy (non-hydrogen) atoms. The Labute approximate surface area is 165 Å². The predicted octanol–water partition coefficient (Wildman–Crippen LogP) is 2.92. The molecule has 0 radical (unpaired) electrons. The molecular formula is C22H28O6. The van der Waals surface area contributed by atoms with Gasteiger partial charge in [-0.1, -0.05) is 26.0 Å². The van der Waals surface area contributed by atoms with Gasteiger partial charge in [-0.15, -0.1) is 6.58 Å². The van der Waals surface area contributed by atoms with Crippen LogP contribution in [0.2, 0.25) is 0 Å². The summed E-state index contributed by atoms with van der Waals surface area (Å²) >= 11 is 0. The van der Waals surface area contributed by atoms with Crippen LogP contribution in [0.4, 0.5) is 0 Å². The summed E-state index contributed by atoms with van der Waals surface area (Å²) in [5, 5.41) is 0. The lowest BCUT2D eigenvalue weighted by atomic mass is 10.0. The number of epoxide rings is 1. The van der Waals surface area contributed by atoms with Crippen LogP contribution in [-0.2, 0) is 28.6 Å². The zero-order valence-electron chi connectivity index (χ0n) is 17.1. The van der Waals surface area contributed by atoms with Crippen LogP contribution in [0.15, 0.2) is 35.5 Å². The molecule has 6 heteroatoms. The van der Waals surface area contributed by atoms with E-state index in [4.69, 9.17) is 14.2 Å². The molecular weight excluding hydrogens is 360 g/mol. The molecule has 3 aliphatic rings. The normalized spacial score (nSPS) is 33.5. The SMILES string of the molecule is C=C[C@@H]1O[C@@H]1CC1=C(C)C(OC(=O)[C@@H]2[C@H](C=C(C)C(=O)OC)C2(C)C)CC1=O. The predicted molar refractivity (Wildman–Crippen MR) is 102 cm³/mol. The van der Waals surface area contributed by atoms with E-state index in [0.29, 0.717) is 17.6 Å². The van der Waals surface area contributed by atoms with E-state index in [1.807, 2.05) is 20.8 Å². The van der Waals surface area contributed by atoms with Crippen molar-refractivity contribution in [1.29, 1.82) is 0 Å². The number of ether oxygens (including phenoxy) is 3. The molecule has 0 aromatic carbocycles. The van der Waals surface area contributed by atoms with Gasteiger partial charge in [0.1, 0.15) is 12.2 Å². The Balaban J connectivity index is 1.65. The first kappa shape index (κ1) is 20.5. The number of carbonyl (C=O) groups excluding carboxylic acids is 3. The number of esters is 2. The molecule has 0 aromatic heterocycles. The van der Waals surface area contributed by atoms with E-state index in [1.54, 1.807) is 19.1 Å². The summed E-state index contributed by atoms with van der Waals surface area (Å²) in [6.45, 7) is 11.2. The topological polar surface area (TPSA) is 82.2 Å². The van der Waals surface area contributed by atoms with Crippen molar-refractivity contribution >= 4 is 17.7 Å². The highest BCUT2D eigenvalue weighted by Gasteiger charge is 2.62. The van der Waals surface area contributed by atoms with E-state index < -0.39 is 12.1 Å². The lowest BCUT2D eigenvalue weighted by Gasteiger charge is -2.14. The third-order valence-electron chi connectivity index (χ3n) is 6.29. The van der Waals surface area contributed by atoms with Gasteiger partial charge in [0.25, 0.3) is 0 Å². The van der Waals surface area contributed by atoms with Crippen LogP contribution in [0, 0.1) is 17.3 Å². The van der Waals surface area contributed by atoms with Gasteiger partial charge in [0.2, 0.25) is 0 Å². The molecule has 0 bridgehead atoms. The fraction of sp³-hybridized carbons (Fsp3) is 0.591. The molecule has 1 aliphatic heterocycles. The Morgan fingerprint density at radius 3 is 2.61 bits per heavy atom. The molecule has 152 valence electrons. The average Bonchev–Trinajstić information content (AvgIpc) is 3.49. The molecule has 1 saturated heterocycles. The minimum Gasteiger partial charge on any atom is -0.466 e. The summed E-state index contributed by atoms with van der Waals surface area (Å²) in [5.74, 6) is -1.14. The van der Waals surface area contributed by atoms with Crippen molar-refractivity contribution in [3.05, 3.63) is 35.5 Å². The van der Waals surface area contributed by atoms with Gasteiger partial charge in [-0.2, -0.15) is 0 Å². The third-order valence-corrected chi connectivity index (χ3v) is 6.29. The quantitative estimate of drug-likeness (QED) is 0.289. The van der Waals surface area contributed by atoms with E-state index in [1.165, 1.54) is 7.11 Å². The third kappa shape index (κ3) is 3.70. The number of methoxy groups -OCH3 is 1. The highest BCUT2D eigenvalue weighted by atomic mass is 16.6. The number of ketones is 1. The smallest absolute Gasteiger partial charge is 0.333 e. The van der Waals surface area contributed by atoms with Crippen LogP contribution in [0.3, 0.4) is 0 Å². The number of Topliss-reactive ketones (excluding diaryl/α,β-unsaturated/α-hetero) is 1. The molecule has 3 rings (SSSR count). The first-order chi connectivity index (χ1) is 13.1. The minimum atomic E-state index is -0.515. The highest BCUT2D eigenvalue weighted by molar-refractivity contribution is 6.00. The van der Waals surface area contributed by atoms with Crippen molar-refractivity contribution in [1.82, 2.24) is 0 Å². The lowest BCUT2D eigenvalue weighted by molar-refractivity contribution is -0.150. The Bertz CT molecular complexity index is 787. The largest absolute Gasteiger partial charge is 0.466 e. The molecule has 1 heterocycles. The number of allylic oxidation sites excluding steroid dienone is 1. The highest BCUT2D eigenvalue weighted by Crippen LogP contribution is 2.60. The average molecular weight is 388 g/mol. The Morgan fingerprint density at radius 2 is 2.04 bits per heavy atom. The summed E-state index contributed by atoms with van der Waals surface area (Å²) in [6, 6.07) is 0. The van der Waals surface area contributed by atoms with Gasteiger partial charge in [0.15, 0.2) is 5.78 Å². The number of rotatable bonds is 7. The molecule has 0 spiro atoms. The Hall–Kier alpha value is -2.21. The second-order valence-electron chi connectivity index (χ2n) is 8.46. The van der Waals surface area contributed by atoms with Gasteiger partial charge in [0.05, 0.1) is 25.6 Å². The van der Waals surface area contributed by atoms with Crippen LogP contribution in [-0.4, -0.2) is 43.1 Å². The van der Waals surface area contributed by atoms with Gasteiger partial charge in [-0.05, 0) is 30.8 Å². The standard InChI is InChI=1S/C22H28O6/c1-7-16-18(27-16)9-13-12(3)17(10-15(13)23)28-21(25)19-14(22(19,4)5)8-11(2)20(24)26-6/h7-8,14,16-19H,1,9-10H2,2-6H3/t14-,16-,17?,18+,19-/m0/s1. The van der Waals surface area contributed by atoms with Gasteiger partial charge in [-0.25, -0.2) is 4.79 Å². The van der Waals surface area contributed by atoms with Gasteiger partial charge >= 0.3 is 11.9 Å². The second kappa shape index (κ2) is 7.32. The molecule has 1 unspecified atom stereocenters. The number of carbonyl (C=O) groups is 3. The maximum absolute atomic E-state index is 12.8. The number of hydrogen-bond donors (Lipinski definition) is 0. The monoisotopic (exact) mass is 388 g/mol. The van der Waals surface area contributed by atoms with Crippen LogP contribution < -0.4 is 0 Å². The zero-order chi connectivity index (χ0) is 20.8. The van der Waals surface area contributed by atoms with Gasteiger partial charge in [0, 0.05) is 17.6 Å². The molecule has 2 fully saturated rings. The molecule has 0 aromatic rings. The van der Waals surface area contributed by atoms with Crippen LogP contribution in [0.5, 0.6) is 0 Å². The van der Waals surface area contributed by atoms with Crippen molar-refractivity contribution in [3.8, 4) is 0 Å². The van der Waals surface area contributed by atoms with Crippen molar-refractivity contribution in [2.24, 2.45) is 17.3 Å². The maximum atomic E-state index is 12.8.